The van der Waals surface area contributed by atoms with Crippen LogP contribution in [-0.2, 0) is 4.79 Å². The molecule has 1 heterocycles. The van der Waals surface area contributed by atoms with Gasteiger partial charge in [0.1, 0.15) is 12.0 Å². The summed E-state index contributed by atoms with van der Waals surface area (Å²) >= 11 is 0. The van der Waals surface area contributed by atoms with Gasteiger partial charge in [0.2, 0.25) is 5.91 Å². The number of hydrogen-bond acceptors (Lipinski definition) is 3. The van der Waals surface area contributed by atoms with Crippen LogP contribution in [0, 0.1) is 5.82 Å². The average Bonchev–Trinajstić information content (AvgIpc) is 2.66. The summed E-state index contributed by atoms with van der Waals surface area (Å²) < 4.78 is 13.4. The topological polar surface area (TPSA) is 35.6 Å². The van der Waals surface area contributed by atoms with E-state index in [1.165, 1.54) is 12.1 Å². The molecule has 2 rings (SSSR count). The first-order valence-electron chi connectivity index (χ1n) is 6.96. The van der Waals surface area contributed by atoms with Gasteiger partial charge in [-0.2, -0.15) is 0 Å². The van der Waals surface area contributed by atoms with Crippen molar-refractivity contribution in [3.05, 3.63) is 35.6 Å². The highest BCUT2D eigenvalue weighted by molar-refractivity contribution is 5.84. The number of carbonyl (C=O) groups excluding carboxylic acids is 1. The van der Waals surface area contributed by atoms with Gasteiger partial charge in [-0.25, -0.2) is 4.39 Å². The third-order valence-corrected chi connectivity index (χ3v) is 3.54. The second-order valence-electron chi connectivity index (χ2n) is 5.53. The standard InChI is InChI=1S/C15H22FN3O/c1-11-15(20)19(9-5-8-18(2)3)14(17-11)12-6-4-7-13(16)10-12/h4,6-7,10-11,14,17H,5,8-9H2,1-3H3. The number of rotatable bonds is 5. The van der Waals surface area contributed by atoms with Crippen molar-refractivity contribution >= 4 is 5.91 Å². The Labute approximate surface area is 119 Å². The number of carbonyl (C=O) groups is 1. The maximum absolute atomic E-state index is 13.4. The van der Waals surface area contributed by atoms with Crippen LogP contribution in [0.15, 0.2) is 24.3 Å². The van der Waals surface area contributed by atoms with Crippen LogP contribution in [-0.4, -0.2) is 48.9 Å². The first-order valence-corrected chi connectivity index (χ1v) is 6.96. The van der Waals surface area contributed by atoms with Gasteiger partial charge >= 0.3 is 0 Å². The molecular formula is C15H22FN3O. The third-order valence-electron chi connectivity index (χ3n) is 3.54. The predicted molar refractivity (Wildman–Crippen MR) is 76.6 cm³/mol. The Morgan fingerprint density at radius 1 is 1.40 bits per heavy atom. The summed E-state index contributed by atoms with van der Waals surface area (Å²) in [4.78, 5) is 16.1. The van der Waals surface area contributed by atoms with Crippen LogP contribution in [0.4, 0.5) is 4.39 Å². The number of halogens is 1. The van der Waals surface area contributed by atoms with Crippen molar-refractivity contribution in [2.75, 3.05) is 27.2 Å². The number of benzene rings is 1. The van der Waals surface area contributed by atoms with Crippen LogP contribution >= 0.6 is 0 Å². The summed E-state index contributed by atoms with van der Waals surface area (Å²) in [6.07, 6.45) is 0.675. The molecule has 110 valence electrons. The van der Waals surface area contributed by atoms with Gasteiger partial charge in [-0.15, -0.1) is 0 Å². The van der Waals surface area contributed by atoms with E-state index in [-0.39, 0.29) is 23.9 Å². The molecule has 0 spiro atoms. The Morgan fingerprint density at radius 3 is 2.80 bits per heavy atom. The number of nitrogens with zero attached hydrogens (tertiary/aromatic N) is 2. The van der Waals surface area contributed by atoms with Crippen LogP contribution in [0.5, 0.6) is 0 Å². The summed E-state index contributed by atoms with van der Waals surface area (Å²) in [7, 11) is 4.02. The van der Waals surface area contributed by atoms with Gasteiger partial charge in [0.05, 0.1) is 6.04 Å². The quantitative estimate of drug-likeness (QED) is 0.889. The molecule has 1 aromatic carbocycles. The lowest BCUT2D eigenvalue weighted by molar-refractivity contribution is -0.129. The van der Waals surface area contributed by atoms with Crippen molar-refractivity contribution in [1.29, 1.82) is 0 Å². The van der Waals surface area contributed by atoms with Crippen LogP contribution in [0.1, 0.15) is 25.1 Å². The van der Waals surface area contributed by atoms with Gasteiger partial charge in [-0.3, -0.25) is 10.1 Å². The van der Waals surface area contributed by atoms with E-state index in [0.717, 1.165) is 18.5 Å². The molecular weight excluding hydrogens is 257 g/mol. The second-order valence-corrected chi connectivity index (χ2v) is 5.53. The fraction of sp³-hybridized carbons (Fsp3) is 0.533. The summed E-state index contributed by atoms with van der Waals surface area (Å²) in [6.45, 7) is 3.45. The largest absolute Gasteiger partial charge is 0.322 e. The van der Waals surface area contributed by atoms with Gasteiger partial charge in [0.25, 0.3) is 0 Å². The summed E-state index contributed by atoms with van der Waals surface area (Å²) in [6, 6.07) is 6.22. The zero-order chi connectivity index (χ0) is 14.7. The lowest BCUT2D eigenvalue weighted by atomic mass is 10.1. The zero-order valence-corrected chi connectivity index (χ0v) is 12.3. The smallest absolute Gasteiger partial charge is 0.241 e. The first kappa shape index (κ1) is 14.9. The lowest BCUT2D eigenvalue weighted by Gasteiger charge is -2.25. The molecule has 1 N–H and O–H groups in total. The Balaban J connectivity index is 2.11. The van der Waals surface area contributed by atoms with Crippen LogP contribution in [0.25, 0.3) is 0 Å². The van der Waals surface area contributed by atoms with Crippen LogP contribution < -0.4 is 5.32 Å². The van der Waals surface area contributed by atoms with Gasteiger partial charge in [0, 0.05) is 6.54 Å². The number of amides is 1. The van der Waals surface area contributed by atoms with E-state index in [9.17, 15) is 9.18 Å². The lowest BCUT2D eigenvalue weighted by Crippen LogP contribution is -2.33. The molecule has 2 unspecified atom stereocenters. The molecule has 1 amide bonds. The molecule has 1 fully saturated rings. The van der Waals surface area contributed by atoms with Crippen molar-refractivity contribution in [3.63, 3.8) is 0 Å². The zero-order valence-electron chi connectivity index (χ0n) is 12.3. The molecule has 1 aliphatic rings. The highest BCUT2D eigenvalue weighted by Crippen LogP contribution is 2.25. The fourth-order valence-electron chi connectivity index (χ4n) is 2.52. The van der Waals surface area contributed by atoms with Gasteiger partial charge < -0.3 is 9.80 Å². The van der Waals surface area contributed by atoms with Gasteiger partial charge in [-0.05, 0) is 51.7 Å². The van der Waals surface area contributed by atoms with Crippen molar-refractivity contribution in [1.82, 2.24) is 15.1 Å². The van der Waals surface area contributed by atoms with E-state index in [0.29, 0.717) is 6.54 Å². The molecule has 0 radical (unpaired) electrons. The Kier molecular flexibility index (Phi) is 4.73. The van der Waals surface area contributed by atoms with Crippen LogP contribution in [0.3, 0.4) is 0 Å². The van der Waals surface area contributed by atoms with Crippen molar-refractivity contribution in [3.8, 4) is 0 Å². The number of nitrogens with one attached hydrogen (secondary N) is 1. The monoisotopic (exact) mass is 279 g/mol. The van der Waals surface area contributed by atoms with Gasteiger partial charge in [-0.1, -0.05) is 12.1 Å². The van der Waals surface area contributed by atoms with E-state index < -0.39 is 0 Å². The first-order chi connectivity index (χ1) is 9.49. The normalized spacial score (nSPS) is 22.9. The second kappa shape index (κ2) is 6.33. The summed E-state index contributed by atoms with van der Waals surface area (Å²) in [5.74, 6) is -0.192. The molecule has 0 aromatic heterocycles. The Morgan fingerprint density at radius 2 is 2.15 bits per heavy atom. The van der Waals surface area contributed by atoms with Crippen molar-refractivity contribution in [2.45, 2.75) is 25.6 Å². The average molecular weight is 279 g/mol. The number of hydrogen-bond donors (Lipinski definition) is 1. The SMILES string of the molecule is CC1NC(c2cccc(F)c2)N(CCCN(C)C)C1=O. The molecule has 0 aliphatic carbocycles. The van der Waals surface area contributed by atoms with E-state index >= 15 is 0 Å². The van der Waals surface area contributed by atoms with E-state index in [1.54, 1.807) is 6.07 Å². The molecule has 20 heavy (non-hydrogen) atoms. The maximum Gasteiger partial charge on any atom is 0.241 e. The van der Waals surface area contributed by atoms with E-state index in [4.69, 9.17) is 0 Å². The minimum atomic E-state index is -0.274. The highest BCUT2D eigenvalue weighted by atomic mass is 19.1. The minimum Gasteiger partial charge on any atom is -0.322 e. The molecule has 2 atom stereocenters. The predicted octanol–water partition coefficient (Wildman–Crippen LogP) is 1.60. The Bertz CT molecular complexity index is 478. The molecule has 0 saturated carbocycles. The fourth-order valence-corrected chi connectivity index (χ4v) is 2.52. The Hall–Kier alpha value is -1.46. The molecule has 1 aliphatic heterocycles. The molecule has 5 heteroatoms. The van der Waals surface area contributed by atoms with Crippen molar-refractivity contribution in [2.24, 2.45) is 0 Å². The van der Waals surface area contributed by atoms with Gasteiger partial charge in [0.15, 0.2) is 0 Å². The van der Waals surface area contributed by atoms with E-state index in [1.807, 2.05) is 32.0 Å². The summed E-state index contributed by atoms with van der Waals surface area (Å²) in [5.41, 5.74) is 0.799. The molecule has 1 saturated heterocycles. The van der Waals surface area contributed by atoms with Crippen LogP contribution in [0.2, 0.25) is 0 Å². The van der Waals surface area contributed by atoms with Crippen molar-refractivity contribution < 1.29 is 9.18 Å². The minimum absolute atomic E-state index is 0.0815. The maximum atomic E-state index is 13.4. The summed E-state index contributed by atoms with van der Waals surface area (Å²) in [5, 5.41) is 3.23. The van der Waals surface area contributed by atoms with E-state index in [2.05, 4.69) is 10.2 Å². The highest BCUT2D eigenvalue weighted by Gasteiger charge is 2.36. The molecule has 0 bridgehead atoms. The molecule has 1 aromatic rings. The third kappa shape index (κ3) is 3.35. The molecule has 4 nitrogen and oxygen atoms in total.